The largest absolute Gasteiger partial charge is 0.363 e. The molecule has 0 aromatic heterocycles. The minimum Gasteiger partial charge on any atom is -0.363 e. The predicted molar refractivity (Wildman–Crippen MR) is 79.4 cm³/mol. The highest BCUT2D eigenvalue weighted by Gasteiger charge is 2.21. The number of thiocarbonyl (C=S) groups is 1. The molecule has 0 radical (unpaired) electrons. The van der Waals surface area contributed by atoms with E-state index in [-0.39, 0.29) is 0 Å². The first-order valence-electron chi connectivity index (χ1n) is 7.37. The molecule has 0 aromatic carbocycles. The molecule has 2 nitrogen and oxygen atoms in total. The Labute approximate surface area is 112 Å². The van der Waals surface area contributed by atoms with Gasteiger partial charge in [-0.15, -0.1) is 0 Å². The van der Waals surface area contributed by atoms with Crippen LogP contribution in [0.1, 0.15) is 71.1 Å². The minimum absolute atomic E-state index is 0.675. The molecule has 0 unspecified atom stereocenters. The summed E-state index contributed by atoms with van der Waals surface area (Å²) in [5, 5.41) is 7.44. The SMILES string of the molecule is CCCCCCCCCCNC(=S)NC1CC1. The van der Waals surface area contributed by atoms with Gasteiger partial charge in [-0.1, -0.05) is 51.9 Å². The molecule has 1 aliphatic carbocycles. The molecule has 0 atom stereocenters. The van der Waals surface area contributed by atoms with Crippen LogP contribution in [0.4, 0.5) is 0 Å². The molecule has 3 heteroatoms. The van der Waals surface area contributed by atoms with Crippen LogP contribution in [0, 0.1) is 0 Å². The second-order valence-corrected chi connectivity index (χ2v) is 5.56. The maximum Gasteiger partial charge on any atom is 0.166 e. The van der Waals surface area contributed by atoms with E-state index >= 15 is 0 Å². The molecule has 17 heavy (non-hydrogen) atoms. The fraction of sp³-hybridized carbons (Fsp3) is 0.929. The summed E-state index contributed by atoms with van der Waals surface area (Å²) in [5.74, 6) is 0. The summed E-state index contributed by atoms with van der Waals surface area (Å²) in [6.45, 7) is 3.30. The maximum atomic E-state index is 5.20. The Balaban J connectivity index is 1.73. The smallest absolute Gasteiger partial charge is 0.166 e. The van der Waals surface area contributed by atoms with Gasteiger partial charge in [-0.25, -0.2) is 0 Å². The van der Waals surface area contributed by atoms with E-state index in [0.29, 0.717) is 6.04 Å². The fourth-order valence-electron chi connectivity index (χ4n) is 1.92. The molecule has 0 aromatic rings. The third-order valence-electron chi connectivity index (χ3n) is 3.23. The molecule has 2 N–H and O–H groups in total. The highest BCUT2D eigenvalue weighted by atomic mass is 32.1. The van der Waals surface area contributed by atoms with Crippen LogP contribution in [0.25, 0.3) is 0 Å². The van der Waals surface area contributed by atoms with Crippen molar-refractivity contribution in [2.75, 3.05) is 6.54 Å². The summed E-state index contributed by atoms with van der Waals surface area (Å²) >= 11 is 5.20. The fourth-order valence-corrected chi connectivity index (χ4v) is 2.19. The Hall–Kier alpha value is -0.310. The predicted octanol–water partition coefficient (Wildman–Crippen LogP) is 3.75. The van der Waals surface area contributed by atoms with Crippen molar-refractivity contribution in [3.05, 3.63) is 0 Å². The first-order chi connectivity index (χ1) is 8.33. The van der Waals surface area contributed by atoms with Crippen LogP contribution in [0.3, 0.4) is 0 Å². The van der Waals surface area contributed by atoms with Crippen molar-refractivity contribution in [1.29, 1.82) is 0 Å². The van der Waals surface area contributed by atoms with Crippen LogP contribution in [0.5, 0.6) is 0 Å². The Morgan fingerprint density at radius 3 is 2.18 bits per heavy atom. The average Bonchev–Trinajstić information content (AvgIpc) is 3.11. The molecule has 0 spiro atoms. The van der Waals surface area contributed by atoms with Crippen LogP contribution >= 0.6 is 12.2 Å². The van der Waals surface area contributed by atoms with E-state index in [1.54, 1.807) is 0 Å². The summed E-state index contributed by atoms with van der Waals surface area (Å²) in [6, 6.07) is 0.675. The second-order valence-electron chi connectivity index (χ2n) is 5.15. The monoisotopic (exact) mass is 256 g/mol. The Bertz CT molecular complexity index is 202. The number of unbranched alkanes of at least 4 members (excludes halogenated alkanes) is 7. The first-order valence-corrected chi connectivity index (χ1v) is 7.78. The number of hydrogen-bond acceptors (Lipinski definition) is 1. The molecule has 0 bridgehead atoms. The number of nitrogens with one attached hydrogen (secondary N) is 2. The van der Waals surface area contributed by atoms with E-state index in [1.807, 2.05) is 0 Å². The van der Waals surface area contributed by atoms with Gasteiger partial charge in [0.1, 0.15) is 0 Å². The Morgan fingerprint density at radius 1 is 1.00 bits per heavy atom. The number of hydrogen-bond donors (Lipinski definition) is 2. The molecule has 0 heterocycles. The van der Waals surface area contributed by atoms with Gasteiger partial charge in [0.15, 0.2) is 5.11 Å². The van der Waals surface area contributed by atoms with E-state index in [9.17, 15) is 0 Å². The van der Waals surface area contributed by atoms with E-state index in [2.05, 4.69) is 17.6 Å². The highest BCUT2D eigenvalue weighted by molar-refractivity contribution is 7.80. The standard InChI is InChI=1S/C14H28N2S/c1-2-3-4-5-6-7-8-9-12-15-14(17)16-13-10-11-13/h13H,2-12H2,1H3,(H2,15,16,17). The lowest BCUT2D eigenvalue weighted by atomic mass is 10.1. The highest BCUT2D eigenvalue weighted by Crippen LogP contribution is 2.18. The second kappa shape index (κ2) is 9.69. The molecular formula is C14H28N2S. The molecule has 1 fully saturated rings. The lowest BCUT2D eigenvalue weighted by Crippen LogP contribution is -2.36. The molecule has 1 saturated carbocycles. The van der Waals surface area contributed by atoms with Gasteiger partial charge in [-0.2, -0.15) is 0 Å². The Kier molecular flexibility index (Phi) is 8.41. The molecule has 0 amide bonds. The van der Waals surface area contributed by atoms with Gasteiger partial charge < -0.3 is 10.6 Å². The van der Waals surface area contributed by atoms with Crippen molar-refractivity contribution >= 4 is 17.3 Å². The summed E-state index contributed by atoms with van der Waals surface area (Å²) in [6.07, 6.45) is 13.6. The molecular weight excluding hydrogens is 228 g/mol. The lowest BCUT2D eigenvalue weighted by molar-refractivity contribution is 0.572. The van der Waals surface area contributed by atoms with Crippen molar-refractivity contribution in [2.45, 2.75) is 77.2 Å². The van der Waals surface area contributed by atoms with E-state index in [0.717, 1.165) is 11.7 Å². The topological polar surface area (TPSA) is 24.1 Å². The molecule has 100 valence electrons. The van der Waals surface area contributed by atoms with Gasteiger partial charge in [-0.05, 0) is 31.5 Å². The number of rotatable bonds is 10. The van der Waals surface area contributed by atoms with Crippen LogP contribution in [0.2, 0.25) is 0 Å². The maximum absolute atomic E-state index is 5.20. The van der Waals surface area contributed by atoms with E-state index < -0.39 is 0 Å². The molecule has 0 saturated heterocycles. The van der Waals surface area contributed by atoms with Gasteiger partial charge in [0, 0.05) is 12.6 Å². The van der Waals surface area contributed by atoms with Gasteiger partial charge in [0.25, 0.3) is 0 Å². The molecule has 1 aliphatic rings. The summed E-state index contributed by atoms with van der Waals surface area (Å²) in [4.78, 5) is 0. The summed E-state index contributed by atoms with van der Waals surface area (Å²) in [5.41, 5.74) is 0. The van der Waals surface area contributed by atoms with Crippen molar-refractivity contribution in [3.8, 4) is 0 Å². The lowest BCUT2D eigenvalue weighted by Gasteiger charge is -2.09. The van der Waals surface area contributed by atoms with Gasteiger partial charge in [0.2, 0.25) is 0 Å². The quantitative estimate of drug-likeness (QED) is 0.460. The van der Waals surface area contributed by atoms with Gasteiger partial charge in [-0.3, -0.25) is 0 Å². The Morgan fingerprint density at radius 2 is 1.59 bits per heavy atom. The zero-order chi connectivity index (χ0) is 12.3. The van der Waals surface area contributed by atoms with Crippen LogP contribution in [-0.2, 0) is 0 Å². The van der Waals surface area contributed by atoms with Crippen molar-refractivity contribution < 1.29 is 0 Å². The van der Waals surface area contributed by atoms with Crippen molar-refractivity contribution in [1.82, 2.24) is 10.6 Å². The van der Waals surface area contributed by atoms with E-state index in [4.69, 9.17) is 12.2 Å². The summed E-state index contributed by atoms with van der Waals surface area (Å²) in [7, 11) is 0. The normalized spacial score (nSPS) is 14.6. The zero-order valence-corrected chi connectivity index (χ0v) is 12.1. The van der Waals surface area contributed by atoms with Crippen molar-refractivity contribution in [2.24, 2.45) is 0 Å². The third kappa shape index (κ3) is 9.40. The third-order valence-corrected chi connectivity index (χ3v) is 3.49. The molecule has 0 aliphatic heterocycles. The average molecular weight is 256 g/mol. The molecule has 1 rings (SSSR count). The van der Waals surface area contributed by atoms with Gasteiger partial charge in [0.05, 0.1) is 0 Å². The minimum atomic E-state index is 0.675. The first kappa shape index (κ1) is 14.7. The van der Waals surface area contributed by atoms with Crippen molar-refractivity contribution in [3.63, 3.8) is 0 Å². The van der Waals surface area contributed by atoms with E-state index in [1.165, 1.54) is 64.2 Å². The van der Waals surface area contributed by atoms with Crippen LogP contribution in [0.15, 0.2) is 0 Å². The van der Waals surface area contributed by atoms with Crippen LogP contribution < -0.4 is 10.6 Å². The zero-order valence-electron chi connectivity index (χ0n) is 11.3. The van der Waals surface area contributed by atoms with Gasteiger partial charge >= 0.3 is 0 Å². The summed E-state index contributed by atoms with van der Waals surface area (Å²) < 4.78 is 0. The van der Waals surface area contributed by atoms with Crippen LogP contribution in [-0.4, -0.2) is 17.7 Å².